The van der Waals surface area contributed by atoms with Crippen LogP contribution in [0.2, 0.25) is 0 Å². The fourth-order valence-corrected chi connectivity index (χ4v) is 5.54. The van der Waals surface area contributed by atoms with Gasteiger partial charge in [0, 0.05) is 32.8 Å². The minimum absolute atomic E-state index is 0.0492. The summed E-state index contributed by atoms with van der Waals surface area (Å²) in [5.41, 5.74) is 2.61. The van der Waals surface area contributed by atoms with Crippen molar-refractivity contribution in [1.29, 1.82) is 0 Å². The molecule has 0 aromatic heterocycles. The Hall–Kier alpha value is -4.74. The van der Waals surface area contributed by atoms with Gasteiger partial charge in [0.1, 0.15) is 5.70 Å². The molecule has 0 spiro atoms. The molecule has 4 rings (SSSR count). The summed E-state index contributed by atoms with van der Waals surface area (Å²) in [6.45, 7) is 3.64. The molecular weight excluding hydrogens is 644 g/mol. The maximum Gasteiger partial charge on any atom is 0.272 e. The van der Waals surface area contributed by atoms with E-state index in [4.69, 9.17) is 0 Å². The number of halogens is 1. The smallest absolute Gasteiger partial charge is 0.272 e. The van der Waals surface area contributed by atoms with Crippen molar-refractivity contribution in [3.63, 3.8) is 0 Å². The van der Waals surface area contributed by atoms with Crippen molar-refractivity contribution in [1.82, 2.24) is 5.32 Å². The molecule has 0 aliphatic carbocycles. The van der Waals surface area contributed by atoms with Gasteiger partial charge in [-0.1, -0.05) is 65.3 Å². The number of carbonyl (C=O) groups is 3. The Balaban J connectivity index is 1.50. The summed E-state index contributed by atoms with van der Waals surface area (Å²) < 4.78 is 0.820. The highest BCUT2D eigenvalue weighted by atomic mass is 79.9. The Kier molecular flexibility index (Phi) is 11.1. The normalized spacial score (nSPS) is 11.8. The Morgan fingerprint density at radius 2 is 1.68 bits per heavy atom. The number of non-ortho nitro benzene ring substituents is 1. The summed E-state index contributed by atoms with van der Waals surface area (Å²) >= 11 is 4.74. The lowest BCUT2D eigenvalue weighted by Crippen LogP contribution is -2.30. The second-order valence-electron chi connectivity index (χ2n) is 9.68. The minimum Gasteiger partial charge on any atom is -0.325 e. The van der Waals surface area contributed by atoms with Gasteiger partial charge in [0.2, 0.25) is 5.91 Å². The molecule has 4 aromatic carbocycles. The maximum absolute atomic E-state index is 13.5. The van der Waals surface area contributed by atoms with Crippen LogP contribution >= 0.6 is 27.7 Å². The zero-order valence-electron chi connectivity index (χ0n) is 23.9. The van der Waals surface area contributed by atoms with E-state index in [0.29, 0.717) is 34.5 Å². The van der Waals surface area contributed by atoms with E-state index in [2.05, 4.69) is 31.9 Å². The molecule has 44 heavy (non-hydrogen) atoms. The number of nitro groups is 1. The van der Waals surface area contributed by atoms with Gasteiger partial charge in [-0.2, -0.15) is 0 Å². The van der Waals surface area contributed by atoms with Crippen LogP contribution in [0.15, 0.2) is 112 Å². The van der Waals surface area contributed by atoms with E-state index in [1.54, 1.807) is 67.6 Å². The Labute approximate surface area is 267 Å². The van der Waals surface area contributed by atoms with Gasteiger partial charge >= 0.3 is 0 Å². The number of anilines is 2. The number of thioether (sulfide) groups is 1. The highest BCUT2D eigenvalue weighted by molar-refractivity contribution is 9.10. The predicted octanol–water partition coefficient (Wildman–Crippen LogP) is 7.58. The van der Waals surface area contributed by atoms with Gasteiger partial charge in [-0.05, 0) is 73.0 Å². The summed E-state index contributed by atoms with van der Waals surface area (Å²) in [7, 11) is 0. The molecule has 0 saturated carbocycles. The number of hydrogen-bond acceptors (Lipinski definition) is 6. The van der Waals surface area contributed by atoms with Gasteiger partial charge < -0.3 is 16.0 Å². The van der Waals surface area contributed by atoms with Crippen LogP contribution in [0.4, 0.5) is 17.1 Å². The summed E-state index contributed by atoms with van der Waals surface area (Å²) in [6.07, 6.45) is 2.08. The van der Waals surface area contributed by atoms with Gasteiger partial charge in [-0.15, -0.1) is 11.8 Å². The number of carbonyl (C=O) groups excluding carboxylic acids is 3. The fraction of sp³-hybridized carbons (Fsp3) is 0.121. The second-order valence-corrected chi connectivity index (χ2v) is 11.9. The monoisotopic (exact) mass is 672 g/mol. The lowest BCUT2D eigenvalue weighted by molar-refractivity contribution is -0.384. The van der Waals surface area contributed by atoms with Crippen molar-refractivity contribution in [3.8, 4) is 0 Å². The molecule has 1 unspecified atom stereocenters. The van der Waals surface area contributed by atoms with E-state index in [1.807, 2.05) is 37.3 Å². The number of nitrogens with one attached hydrogen (secondary N) is 3. The molecule has 0 heterocycles. The largest absolute Gasteiger partial charge is 0.325 e. The summed E-state index contributed by atoms with van der Waals surface area (Å²) in [4.78, 5) is 50.9. The van der Waals surface area contributed by atoms with Crippen molar-refractivity contribution < 1.29 is 19.3 Å². The number of nitrogens with zero attached hydrogens (tertiary/aromatic N) is 1. The van der Waals surface area contributed by atoms with Gasteiger partial charge in [0.25, 0.3) is 17.5 Å². The molecule has 0 saturated heterocycles. The van der Waals surface area contributed by atoms with Crippen molar-refractivity contribution in [2.24, 2.45) is 0 Å². The van der Waals surface area contributed by atoms with E-state index < -0.39 is 22.0 Å². The van der Waals surface area contributed by atoms with E-state index in [9.17, 15) is 24.5 Å². The van der Waals surface area contributed by atoms with Crippen LogP contribution in [-0.4, -0.2) is 27.9 Å². The lowest BCUT2D eigenvalue weighted by atomic mass is 10.1. The average molecular weight is 674 g/mol. The topological polar surface area (TPSA) is 130 Å². The second kappa shape index (κ2) is 15.1. The zero-order valence-corrected chi connectivity index (χ0v) is 26.3. The molecule has 9 nitrogen and oxygen atoms in total. The van der Waals surface area contributed by atoms with E-state index in [0.717, 1.165) is 9.37 Å². The first-order valence-corrected chi connectivity index (χ1v) is 15.3. The lowest BCUT2D eigenvalue weighted by Gasteiger charge is -2.17. The van der Waals surface area contributed by atoms with Gasteiger partial charge in [-0.3, -0.25) is 24.5 Å². The third-order valence-corrected chi connectivity index (χ3v) is 8.26. The number of amides is 3. The molecule has 3 amide bonds. The molecule has 11 heteroatoms. The van der Waals surface area contributed by atoms with Crippen LogP contribution in [0.3, 0.4) is 0 Å². The molecule has 1 atom stereocenters. The highest BCUT2D eigenvalue weighted by Crippen LogP contribution is 2.30. The van der Waals surface area contributed by atoms with Crippen molar-refractivity contribution in [2.75, 3.05) is 10.6 Å². The molecular formula is C33H29BrN4O5S. The van der Waals surface area contributed by atoms with Crippen molar-refractivity contribution in [3.05, 3.63) is 134 Å². The van der Waals surface area contributed by atoms with Crippen LogP contribution in [0.5, 0.6) is 0 Å². The summed E-state index contributed by atoms with van der Waals surface area (Å²) in [5, 5.41) is 19.1. The Morgan fingerprint density at radius 3 is 2.39 bits per heavy atom. The van der Waals surface area contributed by atoms with Crippen LogP contribution in [-0.2, 0) is 9.59 Å². The van der Waals surface area contributed by atoms with Crippen LogP contribution in [0.25, 0.3) is 6.08 Å². The first kappa shape index (κ1) is 32.2. The number of aryl methyl sites for hydroxylation is 1. The van der Waals surface area contributed by atoms with Gasteiger partial charge in [-0.25, -0.2) is 0 Å². The Morgan fingerprint density at radius 1 is 0.932 bits per heavy atom. The minimum atomic E-state index is -0.526. The molecule has 4 aromatic rings. The molecule has 0 radical (unpaired) electrons. The summed E-state index contributed by atoms with van der Waals surface area (Å²) in [5.74, 6) is -1.25. The van der Waals surface area contributed by atoms with Crippen LogP contribution in [0.1, 0.15) is 34.8 Å². The van der Waals surface area contributed by atoms with Crippen molar-refractivity contribution in [2.45, 2.75) is 30.4 Å². The van der Waals surface area contributed by atoms with Gasteiger partial charge in [0.05, 0.1) is 15.9 Å². The number of nitro benzene ring substituents is 1. The van der Waals surface area contributed by atoms with Gasteiger partial charge in [0.15, 0.2) is 0 Å². The molecule has 0 aliphatic rings. The van der Waals surface area contributed by atoms with E-state index in [-0.39, 0.29) is 17.3 Å². The first-order valence-electron chi connectivity index (χ1n) is 13.6. The van der Waals surface area contributed by atoms with Crippen molar-refractivity contribution >= 4 is 68.6 Å². The number of benzene rings is 4. The maximum atomic E-state index is 13.5. The number of rotatable bonds is 11. The first-order chi connectivity index (χ1) is 21.1. The van der Waals surface area contributed by atoms with Crippen LogP contribution in [0, 0.1) is 17.0 Å². The molecule has 0 aliphatic heterocycles. The highest BCUT2D eigenvalue weighted by Gasteiger charge is 2.21. The molecule has 0 bridgehead atoms. The Bertz CT molecular complexity index is 1730. The molecule has 0 fully saturated rings. The fourth-order valence-electron chi connectivity index (χ4n) is 4.11. The SMILES string of the molecule is CCC(Sc1cccc(NC(=O)/C(=C\c2cccc(Br)c2)NC(=O)c2ccccc2)c1)C(=O)Nc1cc([N+](=O)[O-])ccc1C. The third-order valence-electron chi connectivity index (χ3n) is 6.41. The van der Waals surface area contributed by atoms with Crippen LogP contribution < -0.4 is 16.0 Å². The average Bonchev–Trinajstić information content (AvgIpc) is 3.01. The molecule has 224 valence electrons. The predicted molar refractivity (Wildman–Crippen MR) is 177 cm³/mol. The zero-order chi connectivity index (χ0) is 31.6. The third kappa shape index (κ3) is 8.88. The summed E-state index contributed by atoms with van der Waals surface area (Å²) in [6, 6.07) is 27.3. The standard InChI is InChI=1S/C33H29BrN4O5S/c1-3-30(33(41)36-28-20-26(38(42)43)16-15-21(28)2)44-27-14-8-13-25(19-27)35-32(40)29(18-22-9-7-12-24(34)17-22)37-31(39)23-10-5-4-6-11-23/h4-20,30H,3H2,1-2H3,(H,35,40)(H,36,41)(H,37,39)/b29-18+. The number of hydrogen-bond donors (Lipinski definition) is 3. The quantitative estimate of drug-likeness (QED) is 0.0651. The molecule has 3 N–H and O–H groups in total. The van der Waals surface area contributed by atoms with E-state index >= 15 is 0 Å². The van der Waals surface area contributed by atoms with E-state index in [1.165, 1.54) is 23.9 Å².